The number of hydrogen-bond acceptors (Lipinski definition) is 4. The molecule has 0 aliphatic heterocycles. The van der Waals surface area contributed by atoms with Gasteiger partial charge in [-0.3, -0.25) is 9.89 Å². The molecule has 128 valence electrons. The number of sulfonamides is 1. The van der Waals surface area contributed by atoms with E-state index in [4.69, 9.17) is 5.14 Å². The number of carbonyl (C=O) groups is 1. The zero-order valence-corrected chi connectivity index (χ0v) is 13.5. The Kier molecular flexibility index (Phi) is 4.34. The Morgan fingerprint density at radius 2 is 1.72 bits per heavy atom. The number of amides is 1. The molecule has 1 aromatic heterocycles. The van der Waals surface area contributed by atoms with Crippen molar-refractivity contribution >= 4 is 21.6 Å². The molecule has 7 nitrogen and oxygen atoms in total. The maximum atomic E-state index is 12.9. The molecule has 0 bridgehead atoms. The first-order valence-corrected chi connectivity index (χ1v) is 8.63. The second kappa shape index (κ2) is 6.46. The average Bonchev–Trinajstić information content (AvgIpc) is 3.05. The number of carbonyl (C=O) groups excluding carboxylic acids is 1. The van der Waals surface area contributed by atoms with Crippen LogP contribution in [0.15, 0.2) is 59.5 Å². The molecule has 3 aromatic rings. The number of H-pyrrole nitrogens is 1. The minimum atomic E-state index is -3.79. The van der Waals surface area contributed by atoms with Gasteiger partial charge >= 0.3 is 0 Å². The third kappa shape index (κ3) is 3.90. The van der Waals surface area contributed by atoms with Gasteiger partial charge in [0.15, 0.2) is 5.69 Å². The largest absolute Gasteiger partial charge is 0.321 e. The number of aromatic amines is 1. The van der Waals surface area contributed by atoms with Crippen LogP contribution >= 0.6 is 0 Å². The predicted octanol–water partition coefficient (Wildman–Crippen LogP) is 2.12. The first-order valence-electron chi connectivity index (χ1n) is 7.08. The van der Waals surface area contributed by atoms with Gasteiger partial charge in [-0.2, -0.15) is 5.10 Å². The second-order valence-electron chi connectivity index (χ2n) is 5.20. The van der Waals surface area contributed by atoms with Gasteiger partial charge in [0.1, 0.15) is 5.82 Å². The summed E-state index contributed by atoms with van der Waals surface area (Å²) in [5.74, 6) is -0.836. The van der Waals surface area contributed by atoms with E-state index < -0.39 is 15.9 Å². The Hall–Kier alpha value is -3.04. The van der Waals surface area contributed by atoms with E-state index in [2.05, 4.69) is 15.5 Å². The number of nitrogens with one attached hydrogen (secondary N) is 2. The molecule has 3 rings (SSSR count). The lowest BCUT2D eigenvalue weighted by atomic mass is 10.1. The molecule has 9 heteroatoms. The number of rotatable bonds is 4. The standard InChI is InChI=1S/C16H13FN4O3S/c17-11-3-1-10(2-4-11)14-9-15(21-20-14)16(22)19-12-5-7-13(8-6-12)25(18,23)24/h1-9H,(H,19,22)(H,20,21)(H2,18,23,24). The van der Waals surface area contributed by atoms with Crippen molar-refractivity contribution in [3.8, 4) is 11.3 Å². The number of anilines is 1. The Bertz CT molecular complexity index is 1010. The van der Waals surface area contributed by atoms with E-state index in [0.717, 1.165) is 0 Å². The van der Waals surface area contributed by atoms with Crippen LogP contribution in [-0.2, 0) is 10.0 Å². The normalized spacial score (nSPS) is 11.3. The molecular formula is C16H13FN4O3S. The number of hydrogen-bond donors (Lipinski definition) is 3. The zero-order chi connectivity index (χ0) is 18.0. The van der Waals surface area contributed by atoms with Crippen LogP contribution in [0, 0.1) is 5.82 Å². The Labute approximate surface area is 142 Å². The number of primary sulfonamides is 1. The van der Waals surface area contributed by atoms with Gasteiger partial charge in [0.2, 0.25) is 10.0 Å². The van der Waals surface area contributed by atoms with Crippen LogP contribution < -0.4 is 10.5 Å². The van der Waals surface area contributed by atoms with Gasteiger partial charge in [0.25, 0.3) is 5.91 Å². The van der Waals surface area contributed by atoms with Crippen LogP contribution in [0.2, 0.25) is 0 Å². The minimum Gasteiger partial charge on any atom is -0.321 e. The second-order valence-corrected chi connectivity index (χ2v) is 6.76. The maximum Gasteiger partial charge on any atom is 0.276 e. The average molecular weight is 360 g/mol. The highest BCUT2D eigenvalue weighted by molar-refractivity contribution is 7.89. The van der Waals surface area contributed by atoms with Crippen LogP contribution in [0.25, 0.3) is 11.3 Å². The van der Waals surface area contributed by atoms with Crippen LogP contribution in [0.3, 0.4) is 0 Å². The minimum absolute atomic E-state index is 0.0520. The molecule has 0 saturated carbocycles. The van der Waals surface area contributed by atoms with Gasteiger partial charge in [-0.05, 0) is 60.2 Å². The van der Waals surface area contributed by atoms with Crippen molar-refractivity contribution < 1.29 is 17.6 Å². The van der Waals surface area contributed by atoms with Gasteiger partial charge in [-0.15, -0.1) is 0 Å². The van der Waals surface area contributed by atoms with E-state index in [1.807, 2.05) is 0 Å². The molecule has 0 aliphatic carbocycles. The summed E-state index contributed by atoms with van der Waals surface area (Å²) in [7, 11) is -3.79. The van der Waals surface area contributed by atoms with Crippen molar-refractivity contribution in [2.45, 2.75) is 4.90 Å². The van der Waals surface area contributed by atoms with Crippen molar-refractivity contribution in [1.29, 1.82) is 0 Å². The highest BCUT2D eigenvalue weighted by Gasteiger charge is 2.13. The van der Waals surface area contributed by atoms with E-state index in [-0.39, 0.29) is 16.4 Å². The smallest absolute Gasteiger partial charge is 0.276 e. The monoisotopic (exact) mass is 360 g/mol. The molecule has 1 amide bonds. The molecule has 0 atom stereocenters. The molecule has 0 saturated heterocycles. The lowest BCUT2D eigenvalue weighted by molar-refractivity contribution is 0.102. The molecule has 0 spiro atoms. The van der Waals surface area contributed by atoms with Crippen LogP contribution in [0.5, 0.6) is 0 Å². The lowest BCUT2D eigenvalue weighted by Gasteiger charge is -2.04. The first-order chi connectivity index (χ1) is 11.8. The maximum absolute atomic E-state index is 12.9. The number of halogens is 1. The fraction of sp³-hybridized carbons (Fsp3) is 0. The fourth-order valence-electron chi connectivity index (χ4n) is 2.14. The van der Waals surface area contributed by atoms with E-state index >= 15 is 0 Å². The zero-order valence-electron chi connectivity index (χ0n) is 12.7. The molecule has 0 radical (unpaired) electrons. The molecule has 4 N–H and O–H groups in total. The Balaban J connectivity index is 1.75. The third-order valence-corrected chi connectivity index (χ3v) is 4.34. The molecular weight excluding hydrogens is 347 g/mol. The number of benzene rings is 2. The van der Waals surface area contributed by atoms with Crippen molar-refractivity contribution in [3.63, 3.8) is 0 Å². The van der Waals surface area contributed by atoms with Gasteiger partial charge in [-0.25, -0.2) is 17.9 Å². The SMILES string of the molecule is NS(=O)(=O)c1ccc(NC(=O)c2cc(-c3ccc(F)cc3)[nH]n2)cc1. The highest BCUT2D eigenvalue weighted by atomic mass is 32.2. The van der Waals surface area contributed by atoms with Gasteiger partial charge in [-0.1, -0.05) is 0 Å². The van der Waals surface area contributed by atoms with E-state index in [1.165, 1.54) is 42.5 Å². The molecule has 0 aliphatic rings. The fourth-order valence-corrected chi connectivity index (χ4v) is 2.65. The predicted molar refractivity (Wildman–Crippen MR) is 89.8 cm³/mol. The van der Waals surface area contributed by atoms with Crippen LogP contribution in [0.4, 0.5) is 10.1 Å². The van der Waals surface area contributed by atoms with Crippen LogP contribution in [-0.4, -0.2) is 24.5 Å². The summed E-state index contributed by atoms with van der Waals surface area (Å²) in [5, 5.41) is 14.2. The van der Waals surface area contributed by atoms with Crippen molar-refractivity contribution in [2.24, 2.45) is 5.14 Å². The van der Waals surface area contributed by atoms with Gasteiger partial charge < -0.3 is 5.32 Å². The van der Waals surface area contributed by atoms with Crippen LogP contribution in [0.1, 0.15) is 10.5 Å². The molecule has 1 heterocycles. The van der Waals surface area contributed by atoms with Crippen molar-refractivity contribution in [1.82, 2.24) is 10.2 Å². The number of aromatic nitrogens is 2. The topological polar surface area (TPSA) is 118 Å². The summed E-state index contributed by atoms with van der Waals surface area (Å²) in [6.07, 6.45) is 0. The first kappa shape index (κ1) is 16.8. The third-order valence-electron chi connectivity index (χ3n) is 3.41. The van der Waals surface area contributed by atoms with E-state index in [9.17, 15) is 17.6 Å². The Morgan fingerprint density at radius 3 is 2.32 bits per heavy atom. The number of nitrogens with two attached hydrogens (primary N) is 1. The summed E-state index contributed by atoms with van der Waals surface area (Å²) in [4.78, 5) is 12.1. The lowest BCUT2D eigenvalue weighted by Crippen LogP contribution is -2.14. The quantitative estimate of drug-likeness (QED) is 0.660. The molecule has 25 heavy (non-hydrogen) atoms. The molecule has 0 fully saturated rings. The summed E-state index contributed by atoms with van der Waals surface area (Å²) in [5.41, 5.74) is 1.78. The Morgan fingerprint density at radius 1 is 1.08 bits per heavy atom. The van der Waals surface area contributed by atoms with E-state index in [1.54, 1.807) is 12.1 Å². The van der Waals surface area contributed by atoms with Gasteiger partial charge in [0, 0.05) is 5.69 Å². The van der Waals surface area contributed by atoms with Crippen molar-refractivity contribution in [3.05, 3.63) is 66.1 Å². The highest BCUT2D eigenvalue weighted by Crippen LogP contribution is 2.19. The number of nitrogens with zero attached hydrogens (tertiary/aromatic N) is 1. The van der Waals surface area contributed by atoms with Gasteiger partial charge in [0.05, 0.1) is 10.6 Å². The van der Waals surface area contributed by atoms with E-state index in [0.29, 0.717) is 16.9 Å². The summed E-state index contributed by atoms with van der Waals surface area (Å²) >= 11 is 0. The summed E-state index contributed by atoms with van der Waals surface area (Å²) < 4.78 is 35.3. The van der Waals surface area contributed by atoms with Crippen molar-refractivity contribution in [2.75, 3.05) is 5.32 Å². The summed E-state index contributed by atoms with van der Waals surface area (Å²) in [6.45, 7) is 0. The molecule has 0 unspecified atom stereocenters. The molecule has 2 aromatic carbocycles. The summed E-state index contributed by atoms with van der Waals surface area (Å²) in [6, 6.07) is 12.7.